The first-order valence-electron chi connectivity index (χ1n) is 13.5. The number of hydrogen-bond acceptors (Lipinski definition) is 7. The summed E-state index contributed by atoms with van der Waals surface area (Å²) in [5.41, 5.74) is 1.63. The molecule has 0 aliphatic carbocycles. The molecule has 1 aromatic carbocycles. The number of carboxylic acids is 1. The van der Waals surface area contributed by atoms with Crippen molar-refractivity contribution in [1.82, 2.24) is 19.4 Å². The third-order valence-electron chi connectivity index (χ3n) is 7.78. The maximum Gasteiger partial charge on any atom is 0.308 e. The van der Waals surface area contributed by atoms with Gasteiger partial charge in [0.2, 0.25) is 12.7 Å². The molecule has 0 spiro atoms. The summed E-state index contributed by atoms with van der Waals surface area (Å²) in [6, 6.07) is 9.00. The summed E-state index contributed by atoms with van der Waals surface area (Å²) in [7, 11) is 1.93. The van der Waals surface area contributed by atoms with Gasteiger partial charge in [-0.05, 0) is 42.7 Å². The molecule has 39 heavy (non-hydrogen) atoms. The number of benzene rings is 1. The number of imidazole rings is 1. The van der Waals surface area contributed by atoms with Crippen LogP contribution < -0.4 is 14.4 Å². The lowest BCUT2D eigenvalue weighted by Crippen LogP contribution is -2.44. The monoisotopic (exact) mass is 533 g/mol. The third kappa shape index (κ3) is 5.75. The molecule has 5 rings (SSSR count). The Hall–Kier alpha value is -3.92. The van der Waals surface area contributed by atoms with Gasteiger partial charge in [-0.15, -0.1) is 0 Å². The minimum absolute atomic E-state index is 0.0612. The summed E-state index contributed by atoms with van der Waals surface area (Å²) in [5.74, 6) is 0.237. The normalized spacial score (nSPS) is 20.3. The summed E-state index contributed by atoms with van der Waals surface area (Å²) in [6.07, 6.45) is 10.0. The molecule has 3 unspecified atom stereocenters. The van der Waals surface area contributed by atoms with Gasteiger partial charge in [0, 0.05) is 57.1 Å². The van der Waals surface area contributed by atoms with Crippen molar-refractivity contribution in [3.8, 4) is 11.5 Å². The second-order valence-corrected chi connectivity index (χ2v) is 10.2. The van der Waals surface area contributed by atoms with Crippen LogP contribution >= 0.6 is 0 Å². The Bertz CT molecular complexity index is 1300. The molecular formula is C29H35N5O5. The number of pyridine rings is 1. The number of aromatic nitrogens is 3. The van der Waals surface area contributed by atoms with E-state index in [0.29, 0.717) is 37.4 Å². The van der Waals surface area contributed by atoms with Gasteiger partial charge in [0.25, 0.3) is 0 Å². The highest BCUT2D eigenvalue weighted by molar-refractivity contribution is 5.94. The van der Waals surface area contributed by atoms with E-state index in [1.807, 2.05) is 48.1 Å². The first-order chi connectivity index (χ1) is 19.0. The molecule has 10 nitrogen and oxygen atoms in total. The Kier molecular flexibility index (Phi) is 8.11. The zero-order chi connectivity index (χ0) is 27.4. The molecule has 2 aliphatic heterocycles. The van der Waals surface area contributed by atoms with Crippen LogP contribution in [-0.2, 0) is 23.1 Å². The van der Waals surface area contributed by atoms with E-state index in [1.165, 1.54) is 0 Å². The van der Waals surface area contributed by atoms with Crippen molar-refractivity contribution in [2.75, 3.05) is 31.3 Å². The number of unbranched alkanes of at least 4 members (excludes halogenated alkanes) is 1. The zero-order valence-electron chi connectivity index (χ0n) is 22.4. The number of anilines is 1. The number of fused-ring (bicyclic) bond motifs is 1. The smallest absolute Gasteiger partial charge is 0.308 e. The Morgan fingerprint density at radius 3 is 2.74 bits per heavy atom. The maximum absolute atomic E-state index is 13.8. The van der Waals surface area contributed by atoms with Crippen molar-refractivity contribution >= 4 is 17.6 Å². The second-order valence-electron chi connectivity index (χ2n) is 10.2. The molecule has 2 aromatic heterocycles. The van der Waals surface area contributed by atoms with Gasteiger partial charge in [-0.3, -0.25) is 19.5 Å². The van der Waals surface area contributed by atoms with E-state index in [9.17, 15) is 14.7 Å². The zero-order valence-corrected chi connectivity index (χ0v) is 22.4. The minimum Gasteiger partial charge on any atom is -0.481 e. The number of amides is 1. The molecule has 1 saturated heterocycles. The van der Waals surface area contributed by atoms with E-state index in [-0.39, 0.29) is 31.2 Å². The lowest BCUT2D eigenvalue weighted by Gasteiger charge is -2.29. The summed E-state index contributed by atoms with van der Waals surface area (Å²) in [5, 5.41) is 10.5. The lowest BCUT2D eigenvalue weighted by atomic mass is 9.83. The summed E-state index contributed by atoms with van der Waals surface area (Å²) in [6.45, 7) is 3.39. The van der Waals surface area contributed by atoms with Gasteiger partial charge in [-0.1, -0.05) is 19.4 Å². The Balaban J connectivity index is 1.44. The molecule has 3 aromatic rings. The molecule has 2 aliphatic rings. The van der Waals surface area contributed by atoms with Crippen LogP contribution in [0, 0.1) is 5.92 Å². The number of carbonyl (C=O) groups excluding carboxylic acids is 1. The predicted molar refractivity (Wildman–Crippen MR) is 145 cm³/mol. The molecule has 0 saturated carbocycles. The van der Waals surface area contributed by atoms with Crippen LogP contribution in [0.3, 0.4) is 0 Å². The molecule has 1 amide bonds. The Morgan fingerprint density at radius 1 is 1.18 bits per heavy atom. The first-order valence-corrected chi connectivity index (χ1v) is 13.5. The average molecular weight is 534 g/mol. The van der Waals surface area contributed by atoms with Crippen molar-refractivity contribution in [3.63, 3.8) is 0 Å². The van der Waals surface area contributed by atoms with Crippen molar-refractivity contribution in [2.24, 2.45) is 13.0 Å². The number of likely N-dealkylation sites (tertiary alicyclic amines) is 1. The van der Waals surface area contributed by atoms with Crippen LogP contribution in [-0.4, -0.2) is 68.9 Å². The number of aryl methyl sites for hydroxylation is 2. The Labute approximate surface area is 228 Å². The molecule has 0 radical (unpaired) electrons. The number of carboxylic acid groups (broad SMARTS) is 1. The molecule has 3 atom stereocenters. The van der Waals surface area contributed by atoms with Crippen LogP contribution in [0.1, 0.15) is 43.5 Å². The topological polar surface area (TPSA) is 110 Å². The fourth-order valence-electron chi connectivity index (χ4n) is 5.73. The summed E-state index contributed by atoms with van der Waals surface area (Å²) >= 11 is 0. The highest BCUT2D eigenvalue weighted by Crippen LogP contribution is 2.43. The number of nitrogens with zero attached hydrogens (tertiary/aromatic N) is 5. The SMILES string of the molecule is CCCCN(C(=O)CN1CC(c2ccc3c(c2)OCO3)C(C(=O)O)C1CCc1nccn1C)c1cccnc1. The van der Waals surface area contributed by atoms with Gasteiger partial charge >= 0.3 is 5.97 Å². The lowest BCUT2D eigenvalue weighted by molar-refractivity contribution is -0.143. The number of ether oxygens (including phenoxy) is 2. The standard InChI is InChI=1S/C29H35N5O5/c1-3-4-13-34(21-6-5-11-30-16-21)27(35)18-33-17-22(20-7-9-24-25(15-20)39-19-38-24)28(29(36)37)23(33)8-10-26-31-12-14-32(26)2/h5-7,9,11-12,14-16,22-23,28H,3-4,8,10,13,17-19H2,1-2H3,(H,36,37). The molecule has 206 valence electrons. The van der Waals surface area contributed by atoms with Crippen molar-refractivity contribution < 1.29 is 24.2 Å². The highest BCUT2D eigenvalue weighted by atomic mass is 16.7. The number of rotatable bonds is 11. The van der Waals surface area contributed by atoms with E-state index >= 15 is 0 Å². The van der Waals surface area contributed by atoms with Crippen LogP contribution in [0.25, 0.3) is 0 Å². The van der Waals surface area contributed by atoms with Crippen LogP contribution in [0.5, 0.6) is 11.5 Å². The number of aliphatic carboxylic acids is 1. The number of hydrogen-bond donors (Lipinski definition) is 1. The van der Waals surface area contributed by atoms with E-state index in [0.717, 1.165) is 29.9 Å². The third-order valence-corrected chi connectivity index (χ3v) is 7.78. The van der Waals surface area contributed by atoms with Crippen molar-refractivity contribution in [3.05, 3.63) is 66.5 Å². The van der Waals surface area contributed by atoms with Crippen molar-refractivity contribution in [2.45, 2.75) is 44.6 Å². The average Bonchev–Trinajstić information content (AvgIpc) is 3.66. The van der Waals surface area contributed by atoms with Crippen LogP contribution in [0.2, 0.25) is 0 Å². The fraction of sp³-hybridized carbons (Fsp3) is 0.448. The number of carbonyl (C=O) groups is 2. The van der Waals surface area contributed by atoms with Crippen molar-refractivity contribution in [1.29, 1.82) is 0 Å². The van der Waals surface area contributed by atoms with E-state index < -0.39 is 11.9 Å². The van der Waals surface area contributed by atoms with Gasteiger partial charge in [0.15, 0.2) is 11.5 Å². The second kappa shape index (κ2) is 11.9. The Morgan fingerprint density at radius 2 is 2.03 bits per heavy atom. The van der Waals surface area contributed by atoms with Gasteiger partial charge in [-0.2, -0.15) is 0 Å². The highest BCUT2D eigenvalue weighted by Gasteiger charge is 2.47. The molecule has 1 N–H and O–H groups in total. The summed E-state index contributed by atoms with van der Waals surface area (Å²) < 4.78 is 13.0. The molecule has 4 heterocycles. The largest absolute Gasteiger partial charge is 0.481 e. The van der Waals surface area contributed by atoms with Gasteiger partial charge in [0.1, 0.15) is 5.82 Å². The van der Waals surface area contributed by atoms with Crippen LogP contribution in [0.15, 0.2) is 55.1 Å². The van der Waals surface area contributed by atoms with E-state index in [4.69, 9.17) is 9.47 Å². The van der Waals surface area contributed by atoms with E-state index in [2.05, 4.69) is 21.8 Å². The van der Waals surface area contributed by atoms with E-state index in [1.54, 1.807) is 23.5 Å². The fourth-order valence-corrected chi connectivity index (χ4v) is 5.73. The molecule has 0 bridgehead atoms. The maximum atomic E-state index is 13.8. The predicted octanol–water partition coefficient (Wildman–Crippen LogP) is 3.48. The minimum atomic E-state index is -0.868. The molecule has 1 fully saturated rings. The summed E-state index contributed by atoms with van der Waals surface area (Å²) in [4.78, 5) is 39.0. The van der Waals surface area contributed by atoms with Gasteiger partial charge in [-0.25, -0.2) is 4.98 Å². The van der Waals surface area contributed by atoms with Gasteiger partial charge < -0.3 is 24.0 Å². The van der Waals surface area contributed by atoms with Gasteiger partial charge in [0.05, 0.1) is 24.3 Å². The van der Waals surface area contributed by atoms with Crippen LogP contribution in [0.4, 0.5) is 5.69 Å². The molecular weight excluding hydrogens is 498 g/mol. The molecule has 10 heteroatoms. The quantitative estimate of drug-likeness (QED) is 0.399. The first kappa shape index (κ1) is 26.7.